The highest BCUT2D eigenvalue weighted by molar-refractivity contribution is 6.30. The highest BCUT2D eigenvalue weighted by Crippen LogP contribution is 2.43. The second-order valence-electron chi connectivity index (χ2n) is 13.3. The molecular weight excluding hydrogens is 623 g/mol. The molecule has 0 atom stereocenters. The van der Waals surface area contributed by atoms with Crippen molar-refractivity contribution in [1.82, 2.24) is 14.1 Å². The van der Waals surface area contributed by atoms with E-state index < -0.39 is 0 Å². The van der Waals surface area contributed by atoms with E-state index in [9.17, 15) is 5.41 Å². The molecule has 0 unspecified atom stereocenters. The fraction of sp³-hybridized carbons (Fsp3) is 0. The van der Waals surface area contributed by atoms with Crippen LogP contribution in [0.2, 0.25) is 0 Å². The average Bonchev–Trinajstić information content (AvgIpc) is 3.70. The van der Waals surface area contributed by atoms with Gasteiger partial charge in [0, 0.05) is 38.2 Å². The summed E-state index contributed by atoms with van der Waals surface area (Å²) in [5.41, 5.74) is 13.4. The van der Waals surface area contributed by atoms with Crippen LogP contribution < -0.4 is 5.43 Å². The molecular formula is C46H29N5. The molecule has 0 spiro atoms. The minimum Gasteiger partial charge on any atom is -0.300 e. The van der Waals surface area contributed by atoms with Crippen LogP contribution in [0.5, 0.6) is 0 Å². The Labute approximate surface area is 292 Å². The summed E-state index contributed by atoms with van der Waals surface area (Å²) in [4.78, 5) is 5.27. The summed E-state index contributed by atoms with van der Waals surface area (Å²) in [7, 11) is 0. The molecule has 0 aliphatic heterocycles. The summed E-state index contributed by atoms with van der Waals surface area (Å²) in [6.07, 6.45) is 0. The Morgan fingerprint density at radius 3 is 2.10 bits per heavy atom. The maximum Gasteiger partial charge on any atom is 0.145 e. The summed E-state index contributed by atoms with van der Waals surface area (Å²) in [6, 6.07) is 57.3. The fourth-order valence-corrected chi connectivity index (χ4v) is 8.18. The summed E-state index contributed by atoms with van der Waals surface area (Å²) >= 11 is 0. The van der Waals surface area contributed by atoms with Crippen LogP contribution in [0.4, 0.5) is 5.69 Å². The maximum absolute atomic E-state index is 9.60. The van der Waals surface area contributed by atoms with E-state index in [4.69, 9.17) is 4.98 Å². The van der Waals surface area contributed by atoms with Crippen molar-refractivity contribution in [3.8, 4) is 11.4 Å². The molecule has 238 valence electrons. The molecule has 3 aromatic heterocycles. The van der Waals surface area contributed by atoms with Crippen LogP contribution in [0.15, 0.2) is 164 Å². The quantitative estimate of drug-likeness (QED) is 0.182. The Balaban J connectivity index is 1.22. The monoisotopic (exact) mass is 651 g/mol. The maximum atomic E-state index is 9.60. The van der Waals surface area contributed by atoms with E-state index in [1.165, 1.54) is 16.2 Å². The molecule has 5 heteroatoms. The van der Waals surface area contributed by atoms with Gasteiger partial charge in [-0.15, -0.1) is 0 Å². The number of hydrogen-bond donors (Lipinski definition) is 2. The van der Waals surface area contributed by atoms with Crippen LogP contribution in [0.25, 0.3) is 82.1 Å². The molecule has 0 bridgehead atoms. The van der Waals surface area contributed by atoms with E-state index in [1.54, 1.807) is 0 Å². The van der Waals surface area contributed by atoms with Crippen LogP contribution >= 0.6 is 0 Å². The zero-order valence-corrected chi connectivity index (χ0v) is 27.4. The van der Waals surface area contributed by atoms with Crippen molar-refractivity contribution in [2.24, 2.45) is 0 Å². The zero-order chi connectivity index (χ0) is 33.6. The molecule has 11 rings (SSSR count). The molecule has 5 nitrogen and oxygen atoms in total. The van der Waals surface area contributed by atoms with Crippen LogP contribution in [-0.2, 0) is 0 Å². The van der Waals surface area contributed by atoms with Crippen molar-refractivity contribution < 1.29 is 0 Å². The number of hydrogen-bond acceptors (Lipinski definition) is 3. The lowest BCUT2D eigenvalue weighted by atomic mass is 9.95. The molecule has 2 N–H and O–H groups in total. The van der Waals surface area contributed by atoms with Gasteiger partial charge in [-0.2, -0.15) is 0 Å². The van der Waals surface area contributed by atoms with Crippen LogP contribution in [0.1, 0.15) is 11.1 Å². The van der Waals surface area contributed by atoms with Crippen LogP contribution in [-0.4, -0.2) is 19.8 Å². The van der Waals surface area contributed by atoms with Crippen molar-refractivity contribution in [2.45, 2.75) is 0 Å². The van der Waals surface area contributed by atoms with Crippen molar-refractivity contribution in [1.29, 1.82) is 5.41 Å². The second-order valence-corrected chi connectivity index (χ2v) is 13.3. The summed E-state index contributed by atoms with van der Waals surface area (Å²) in [5.74, 6) is 0.924. The molecule has 0 saturated heterocycles. The first-order valence-electron chi connectivity index (χ1n) is 17.2. The smallest absolute Gasteiger partial charge is 0.145 e. The van der Waals surface area contributed by atoms with Crippen LogP contribution in [0.3, 0.4) is 0 Å². The van der Waals surface area contributed by atoms with Gasteiger partial charge in [-0.05, 0) is 51.9 Å². The third-order valence-electron chi connectivity index (χ3n) is 10.5. The lowest BCUT2D eigenvalue weighted by Gasteiger charge is -2.19. The first-order chi connectivity index (χ1) is 25.2. The number of benzene rings is 8. The predicted molar refractivity (Wildman–Crippen MR) is 213 cm³/mol. The van der Waals surface area contributed by atoms with Gasteiger partial charge < -0.3 is 0 Å². The van der Waals surface area contributed by atoms with Crippen molar-refractivity contribution in [3.05, 3.63) is 175 Å². The van der Waals surface area contributed by atoms with E-state index in [0.29, 0.717) is 5.71 Å². The third kappa shape index (κ3) is 3.97. The zero-order valence-electron chi connectivity index (χ0n) is 27.4. The number of rotatable bonds is 5. The Kier molecular flexibility index (Phi) is 5.75. The number of aromatic nitrogens is 3. The Morgan fingerprint density at radius 2 is 1.22 bits per heavy atom. The number of nitrogens with one attached hydrogen (secondary N) is 2. The van der Waals surface area contributed by atoms with Crippen molar-refractivity contribution >= 4 is 82.1 Å². The summed E-state index contributed by atoms with van der Waals surface area (Å²) in [5, 5.41) is 18.7. The van der Waals surface area contributed by atoms with Gasteiger partial charge in [0.25, 0.3) is 0 Å². The van der Waals surface area contributed by atoms with Gasteiger partial charge in [0.05, 0.1) is 39.0 Å². The molecule has 51 heavy (non-hydrogen) atoms. The molecule has 0 fully saturated rings. The van der Waals surface area contributed by atoms with Gasteiger partial charge in [0.15, 0.2) is 0 Å². The van der Waals surface area contributed by atoms with Crippen LogP contribution in [0, 0.1) is 5.41 Å². The van der Waals surface area contributed by atoms with Gasteiger partial charge >= 0.3 is 0 Å². The highest BCUT2D eigenvalue weighted by atomic mass is 15.4. The fourth-order valence-electron chi connectivity index (χ4n) is 8.18. The van der Waals surface area contributed by atoms with E-state index in [1.807, 2.05) is 12.1 Å². The molecule has 0 aliphatic carbocycles. The molecule has 8 aromatic carbocycles. The first-order valence-corrected chi connectivity index (χ1v) is 17.2. The number of anilines is 1. The highest BCUT2D eigenvalue weighted by Gasteiger charge is 2.24. The van der Waals surface area contributed by atoms with Crippen molar-refractivity contribution in [3.63, 3.8) is 0 Å². The molecule has 11 aromatic rings. The lowest BCUT2D eigenvalue weighted by molar-refractivity contribution is 1.06. The van der Waals surface area contributed by atoms with Gasteiger partial charge in [-0.1, -0.05) is 133 Å². The minimum atomic E-state index is 0.471. The van der Waals surface area contributed by atoms with Gasteiger partial charge in [0.2, 0.25) is 0 Å². The van der Waals surface area contributed by atoms with E-state index >= 15 is 0 Å². The van der Waals surface area contributed by atoms with E-state index in [0.717, 1.165) is 82.7 Å². The molecule has 0 saturated carbocycles. The molecule has 0 aliphatic rings. The number of imidazole rings is 1. The van der Waals surface area contributed by atoms with Gasteiger partial charge in [0.1, 0.15) is 5.82 Å². The normalized spacial score (nSPS) is 12.0. The summed E-state index contributed by atoms with van der Waals surface area (Å²) in [6.45, 7) is 0. The number of para-hydroxylation sites is 1. The number of nitrogens with zero attached hydrogens (tertiary/aromatic N) is 3. The van der Waals surface area contributed by atoms with E-state index in [-0.39, 0.29) is 0 Å². The standard InChI is InChI=1S/C46H29N5/c47-43(32-22-21-28-11-4-5-15-31(28)27-32)36-24-23-29-12-6-7-16-33(29)44(36)49-51-39-20-10-18-35-34-17-8-9-19-38(34)50-45-37(25-26-40(51)42(45)41(35)39)48-46(50)30-13-2-1-3-14-30/h1-27,47,49H. The predicted octanol–water partition coefficient (Wildman–Crippen LogP) is 11.5. The number of fused-ring (bicyclic) bond motifs is 5. The minimum absolute atomic E-state index is 0.471. The Hall–Kier alpha value is -6.98. The lowest BCUT2D eigenvalue weighted by Crippen LogP contribution is -2.14. The molecule has 0 amide bonds. The largest absolute Gasteiger partial charge is 0.300 e. The Morgan fingerprint density at radius 1 is 0.529 bits per heavy atom. The third-order valence-corrected chi connectivity index (χ3v) is 10.5. The summed E-state index contributed by atoms with van der Waals surface area (Å²) < 4.78 is 4.57. The van der Waals surface area contributed by atoms with Gasteiger partial charge in [-0.3, -0.25) is 19.9 Å². The van der Waals surface area contributed by atoms with Gasteiger partial charge in [-0.25, -0.2) is 4.98 Å². The second kappa shape index (κ2) is 10.5. The average molecular weight is 652 g/mol. The molecule has 3 heterocycles. The SMILES string of the molecule is N=C(c1ccc2ccccc2c1)c1ccc2ccccc2c1Nn1c2cccc3c4ccccc4n4c(-c5ccccc5)nc5ccc1c(c32)c54. The van der Waals surface area contributed by atoms with Crippen molar-refractivity contribution in [2.75, 3.05) is 5.43 Å². The first kappa shape index (κ1) is 27.9. The van der Waals surface area contributed by atoms with E-state index in [2.05, 4.69) is 166 Å². The topological polar surface area (TPSA) is 58.1 Å². The Bertz CT molecular complexity index is 3190. The molecule has 0 radical (unpaired) electrons.